The molecule has 0 aliphatic rings. The number of aromatic nitrogens is 1. The third kappa shape index (κ3) is 4.04. The minimum Gasteiger partial charge on any atom is -0.360 e. The maximum atomic E-state index is 12.4. The summed E-state index contributed by atoms with van der Waals surface area (Å²) in [7, 11) is -3.81. The Hall–Kier alpha value is -2.70. The predicted molar refractivity (Wildman–Crippen MR) is 90.3 cm³/mol. The van der Waals surface area contributed by atoms with Crippen molar-refractivity contribution in [1.29, 1.82) is 5.26 Å². The first-order valence-electron chi connectivity index (χ1n) is 7.47. The van der Waals surface area contributed by atoms with Crippen molar-refractivity contribution in [2.24, 2.45) is 0 Å². The lowest BCUT2D eigenvalue weighted by Crippen LogP contribution is -2.38. The molecule has 1 amide bonds. The molecule has 1 aromatic carbocycles. The van der Waals surface area contributed by atoms with E-state index in [4.69, 9.17) is 4.52 Å². The molecule has 8 nitrogen and oxygen atoms in total. The maximum Gasteiger partial charge on any atom is 0.246 e. The number of amides is 1. The Labute approximate surface area is 146 Å². The van der Waals surface area contributed by atoms with Crippen LogP contribution >= 0.6 is 0 Å². The van der Waals surface area contributed by atoms with Crippen molar-refractivity contribution in [2.45, 2.75) is 25.7 Å². The minimum absolute atomic E-state index is 0.000648. The van der Waals surface area contributed by atoms with Gasteiger partial charge in [-0.2, -0.15) is 5.26 Å². The van der Waals surface area contributed by atoms with E-state index in [1.807, 2.05) is 6.07 Å². The number of aryl methyl sites for hydroxylation is 2. The lowest BCUT2D eigenvalue weighted by Gasteiger charge is -2.22. The number of anilines is 1. The minimum atomic E-state index is -3.81. The Morgan fingerprint density at radius 2 is 2.04 bits per heavy atom. The Kier molecular flexibility index (Phi) is 5.56. The van der Waals surface area contributed by atoms with Crippen LogP contribution in [0.3, 0.4) is 0 Å². The summed E-state index contributed by atoms with van der Waals surface area (Å²) in [6.45, 7) is 4.47. The molecule has 0 spiro atoms. The number of sulfonamides is 1. The van der Waals surface area contributed by atoms with Gasteiger partial charge in [-0.25, -0.2) is 13.1 Å². The zero-order valence-corrected chi connectivity index (χ0v) is 14.9. The molecule has 0 saturated carbocycles. The molecular weight excluding hydrogens is 344 g/mol. The fourth-order valence-electron chi connectivity index (χ4n) is 2.47. The van der Waals surface area contributed by atoms with Crippen LogP contribution in [0.2, 0.25) is 0 Å². The fraction of sp³-hybridized carbons (Fsp3) is 0.312. The average Bonchev–Trinajstić information content (AvgIpc) is 2.90. The zero-order valence-electron chi connectivity index (χ0n) is 14.1. The van der Waals surface area contributed by atoms with E-state index in [1.165, 1.54) is 25.7 Å². The Morgan fingerprint density at radius 1 is 1.36 bits per heavy atom. The van der Waals surface area contributed by atoms with Crippen LogP contribution in [-0.4, -0.2) is 32.6 Å². The summed E-state index contributed by atoms with van der Waals surface area (Å²) in [6, 6.07) is 8.66. The SMILES string of the molecule is CC(=O)N(CCNS(=O)(=O)c1c(C)noc1C)c1ccccc1C#N. The highest BCUT2D eigenvalue weighted by Gasteiger charge is 2.24. The van der Waals surface area contributed by atoms with Gasteiger partial charge in [0.1, 0.15) is 16.7 Å². The largest absolute Gasteiger partial charge is 0.360 e. The molecule has 25 heavy (non-hydrogen) atoms. The van der Waals surface area contributed by atoms with E-state index in [9.17, 15) is 18.5 Å². The second-order valence-corrected chi connectivity index (χ2v) is 7.05. The number of rotatable bonds is 6. The number of carbonyl (C=O) groups excluding carboxylic acids is 1. The number of carbonyl (C=O) groups is 1. The molecule has 0 fully saturated rings. The number of para-hydroxylation sites is 1. The van der Waals surface area contributed by atoms with Crippen LogP contribution in [-0.2, 0) is 14.8 Å². The van der Waals surface area contributed by atoms with Gasteiger partial charge in [-0.1, -0.05) is 17.3 Å². The molecule has 0 aliphatic heterocycles. The number of nitrogens with zero attached hydrogens (tertiary/aromatic N) is 3. The van der Waals surface area contributed by atoms with Gasteiger partial charge in [-0.05, 0) is 26.0 Å². The highest BCUT2D eigenvalue weighted by atomic mass is 32.2. The summed E-state index contributed by atoms with van der Waals surface area (Å²) in [5.74, 6) is -0.0949. The molecule has 132 valence electrons. The molecule has 1 heterocycles. The van der Waals surface area contributed by atoms with E-state index >= 15 is 0 Å². The Balaban J connectivity index is 2.16. The first-order valence-corrected chi connectivity index (χ1v) is 8.96. The van der Waals surface area contributed by atoms with Gasteiger partial charge in [0.15, 0.2) is 5.76 Å². The number of hydrogen-bond acceptors (Lipinski definition) is 6. The van der Waals surface area contributed by atoms with E-state index in [1.54, 1.807) is 24.3 Å². The molecule has 0 bridgehead atoms. The van der Waals surface area contributed by atoms with Crippen molar-refractivity contribution >= 4 is 21.6 Å². The molecule has 0 aliphatic carbocycles. The molecule has 1 aromatic heterocycles. The van der Waals surface area contributed by atoms with Gasteiger partial charge in [-0.15, -0.1) is 0 Å². The molecule has 2 rings (SSSR count). The summed E-state index contributed by atoms with van der Waals surface area (Å²) in [6.07, 6.45) is 0. The van der Waals surface area contributed by atoms with Crippen LogP contribution in [0.25, 0.3) is 0 Å². The van der Waals surface area contributed by atoms with Crippen molar-refractivity contribution < 1.29 is 17.7 Å². The summed E-state index contributed by atoms with van der Waals surface area (Å²) < 4.78 is 32.1. The maximum absolute atomic E-state index is 12.4. The van der Waals surface area contributed by atoms with Crippen LogP contribution in [0.15, 0.2) is 33.7 Å². The molecule has 9 heteroatoms. The van der Waals surface area contributed by atoms with Crippen LogP contribution in [0.5, 0.6) is 0 Å². The summed E-state index contributed by atoms with van der Waals surface area (Å²) >= 11 is 0. The number of benzene rings is 1. The smallest absolute Gasteiger partial charge is 0.246 e. The van der Waals surface area contributed by atoms with Crippen molar-refractivity contribution in [1.82, 2.24) is 9.88 Å². The highest BCUT2D eigenvalue weighted by Crippen LogP contribution is 2.20. The van der Waals surface area contributed by atoms with Gasteiger partial charge in [0.2, 0.25) is 15.9 Å². The number of nitriles is 1. The van der Waals surface area contributed by atoms with Crippen molar-refractivity contribution in [2.75, 3.05) is 18.0 Å². The zero-order chi connectivity index (χ0) is 18.6. The highest BCUT2D eigenvalue weighted by molar-refractivity contribution is 7.89. The molecule has 0 saturated heterocycles. The standard InChI is InChI=1S/C16H18N4O4S/c1-11-16(12(2)24-19-11)25(22,23)18-8-9-20(13(3)21)15-7-5-4-6-14(15)10-17/h4-7,18H,8-9H2,1-3H3. The van der Waals surface area contributed by atoms with Crippen molar-refractivity contribution in [3.05, 3.63) is 41.3 Å². The second kappa shape index (κ2) is 7.46. The molecule has 0 radical (unpaired) electrons. The summed E-state index contributed by atoms with van der Waals surface area (Å²) in [5.41, 5.74) is 1.04. The molecule has 1 N–H and O–H groups in total. The van der Waals surface area contributed by atoms with Gasteiger partial charge in [0.25, 0.3) is 0 Å². The van der Waals surface area contributed by atoms with E-state index < -0.39 is 10.0 Å². The molecular formula is C16H18N4O4S. The lowest BCUT2D eigenvalue weighted by atomic mass is 10.1. The first kappa shape index (κ1) is 18.6. The number of hydrogen-bond donors (Lipinski definition) is 1. The van der Waals surface area contributed by atoms with Crippen LogP contribution < -0.4 is 9.62 Å². The van der Waals surface area contributed by atoms with E-state index in [0.717, 1.165) is 0 Å². The Bertz CT molecular complexity index is 908. The first-order chi connectivity index (χ1) is 11.8. The van der Waals surface area contributed by atoms with E-state index in [2.05, 4.69) is 9.88 Å². The number of nitrogens with one attached hydrogen (secondary N) is 1. The predicted octanol–water partition coefficient (Wildman–Crippen LogP) is 1.49. The van der Waals surface area contributed by atoms with Crippen molar-refractivity contribution in [3.63, 3.8) is 0 Å². The molecule has 2 aromatic rings. The fourth-order valence-corrected chi connectivity index (χ4v) is 3.82. The van der Waals surface area contributed by atoms with Gasteiger partial charge in [-0.3, -0.25) is 4.79 Å². The van der Waals surface area contributed by atoms with Crippen LogP contribution in [0.4, 0.5) is 5.69 Å². The van der Waals surface area contributed by atoms with E-state index in [0.29, 0.717) is 11.3 Å². The quantitative estimate of drug-likeness (QED) is 0.832. The van der Waals surface area contributed by atoms with Crippen LogP contribution in [0.1, 0.15) is 23.9 Å². The normalized spacial score (nSPS) is 11.1. The van der Waals surface area contributed by atoms with E-state index in [-0.39, 0.29) is 35.3 Å². The van der Waals surface area contributed by atoms with Crippen molar-refractivity contribution in [3.8, 4) is 6.07 Å². The topological polar surface area (TPSA) is 116 Å². The van der Waals surface area contributed by atoms with Gasteiger partial charge in [0.05, 0.1) is 11.3 Å². The van der Waals surface area contributed by atoms with Gasteiger partial charge in [0, 0.05) is 20.0 Å². The van der Waals surface area contributed by atoms with Crippen LogP contribution in [0, 0.1) is 25.2 Å². The molecule has 0 unspecified atom stereocenters. The third-order valence-electron chi connectivity index (χ3n) is 3.56. The van der Waals surface area contributed by atoms with Gasteiger partial charge < -0.3 is 9.42 Å². The summed E-state index contributed by atoms with van der Waals surface area (Å²) in [4.78, 5) is 13.3. The Morgan fingerprint density at radius 3 is 2.60 bits per heavy atom. The second-order valence-electron chi connectivity index (χ2n) is 5.35. The monoisotopic (exact) mass is 362 g/mol. The third-order valence-corrected chi connectivity index (χ3v) is 5.26. The average molecular weight is 362 g/mol. The van der Waals surface area contributed by atoms with Gasteiger partial charge >= 0.3 is 0 Å². The molecule has 0 atom stereocenters. The summed E-state index contributed by atoms with van der Waals surface area (Å²) in [5, 5.41) is 12.8. The lowest BCUT2D eigenvalue weighted by molar-refractivity contribution is -0.116.